The molecule has 0 bridgehead atoms. The first-order valence-electron chi connectivity index (χ1n) is 4.38. The molecule has 1 aromatic rings. The average Bonchev–Trinajstić information content (AvgIpc) is 2.27. The van der Waals surface area contributed by atoms with Gasteiger partial charge in [-0.25, -0.2) is 4.79 Å². The highest BCUT2D eigenvalue weighted by Crippen LogP contribution is 2.17. The maximum absolute atomic E-state index is 10.8. The summed E-state index contributed by atoms with van der Waals surface area (Å²) < 4.78 is 9.07. The molecule has 0 N–H and O–H groups in total. The van der Waals surface area contributed by atoms with Crippen molar-refractivity contribution < 1.29 is 14.3 Å². The number of hydrogen-bond acceptors (Lipinski definition) is 4. The van der Waals surface area contributed by atoms with Crippen LogP contribution in [0.25, 0.3) is 0 Å². The minimum absolute atomic E-state index is 0.633. The Labute approximate surface area is 88.0 Å². The maximum Gasteiger partial charge on any atom is 0.509 e. The fourth-order valence-electron chi connectivity index (χ4n) is 1.05. The summed E-state index contributed by atoms with van der Waals surface area (Å²) in [6, 6.07) is 9.06. The lowest BCUT2D eigenvalue weighted by molar-refractivity contribution is 0.0544. The van der Waals surface area contributed by atoms with Gasteiger partial charge in [0, 0.05) is 5.56 Å². The summed E-state index contributed by atoms with van der Waals surface area (Å²) >= 11 is 0. The molecule has 0 aromatic heterocycles. The number of ether oxygens (including phenoxy) is 2. The third kappa shape index (κ3) is 2.99. The highest BCUT2D eigenvalue weighted by Gasteiger charge is 2.15. The first-order chi connectivity index (χ1) is 7.17. The van der Waals surface area contributed by atoms with Crippen molar-refractivity contribution in [3.05, 3.63) is 35.4 Å². The normalized spacial score (nSPS) is 11.3. The van der Waals surface area contributed by atoms with Crippen LogP contribution in [0.5, 0.6) is 0 Å². The van der Waals surface area contributed by atoms with Crippen LogP contribution in [-0.4, -0.2) is 13.3 Å². The van der Waals surface area contributed by atoms with E-state index in [-0.39, 0.29) is 0 Å². The molecule has 1 unspecified atom stereocenters. The fourth-order valence-corrected chi connectivity index (χ4v) is 1.05. The smallest absolute Gasteiger partial charge is 0.438 e. The zero-order chi connectivity index (χ0) is 11.3. The summed E-state index contributed by atoms with van der Waals surface area (Å²) in [4.78, 5) is 10.8. The van der Waals surface area contributed by atoms with Gasteiger partial charge in [0.05, 0.1) is 7.11 Å². The van der Waals surface area contributed by atoms with Gasteiger partial charge in [-0.3, -0.25) is 0 Å². The predicted octanol–water partition coefficient (Wildman–Crippen LogP) is 2.34. The van der Waals surface area contributed by atoms with Crippen molar-refractivity contribution in [1.82, 2.24) is 0 Å². The molecule has 4 heteroatoms. The molecule has 0 spiro atoms. The lowest BCUT2D eigenvalue weighted by atomic mass is 10.1. The van der Waals surface area contributed by atoms with E-state index in [4.69, 9.17) is 10.00 Å². The van der Waals surface area contributed by atoms with E-state index in [1.165, 1.54) is 7.11 Å². The SMILES string of the molecule is COC(=O)OC(C#N)c1ccc(C)cc1. The van der Waals surface area contributed by atoms with Crippen LogP contribution >= 0.6 is 0 Å². The van der Waals surface area contributed by atoms with Crippen molar-refractivity contribution in [2.45, 2.75) is 13.0 Å². The first kappa shape index (κ1) is 11.1. The Balaban J connectivity index is 2.80. The second-order valence-corrected chi connectivity index (χ2v) is 2.99. The molecule has 78 valence electrons. The Morgan fingerprint density at radius 2 is 2.00 bits per heavy atom. The molecule has 4 nitrogen and oxygen atoms in total. The van der Waals surface area contributed by atoms with E-state index < -0.39 is 12.3 Å². The minimum Gasteiger partial charge on any atom is -0.438 e. The summed E-state index contributed by atoms with van der Waals surface area (Å²) in [6.07, 6.45) is -1.78. The molecule has 0 fully saturated rings. The molecule has 1 rings (SSSR count). The summed E-state index contributed by atoms with van der Waals surface area (Å²) in [5.74, 6) is 0. The van der Waals surface area contributed by atoms with Crippen molar-refractivity contribution >= 4 is 6.16 Å². The number of rotatable bonds is 2. The van der Waals surface area contributed by atoms with Crippen LogP contribution < -0.4 is 0 Å². The van der Waals surface area contributed by atoms with E-state index in [2.05, 4.69) is 4.74 Å². The van der Waals surface area contributed by atoms with Gasteiger partial charge in [0.1, 0.15) is 6.07 Å². The number of aryl methyl sites for hydroxylation is 1. The van der Waals surface area contributed by atoms with Gasteiger partial charge < -0.3 is 9.47 Å². The van der Waals surface area contributed by atoms with E-state index in [1.807, 2.05) is 25.1 Å². The molecule has 0 aliphatic heterocycles. The van der Waals surface area contributed by atoms with Crippen LogP contribution in [-0.2, 0) is 9.47 Å². The number of nitrogens with zero attached hydrogens (tertiary/aromatic N) is 1. The summed E-state index contributed by atoms with van der Waals surface area (Å²) in [7, 11) is 1.20. The molecule has 0 saturated carbocycles. The van der Waals surface area contributed by atoms with Gasteiger partial charge in [-0.05, 0) is 6.92 Å². The van der Waals surface area contributed by atoms with Crippen LogP contribution in [0.3, 0.4) is 0 Å². The van der Waals surface area contributed by atoms with E-state index in [0.717, 1.165) is 5.56 Å². The number of benzene rings is 1. The molecule has 1 atom stereocenters. The summed E-state index contributed by atoms with van der Waals surface area (Å²) in [6.45, 7) is 1.94. The molecule has 0 saturated heterocycles. The number of carbonyl (C=O) groups is 1. The summed E-state index contributed by atoms with van der Waals surface area (Å²) in [5, 5.41) is 8.81. The van der Waals surface area contributed by atoms with E-state index >= 15 is 0 Å². The highest BCUT2D eigenvalue weighted by molar-refractivity contribution is 5.60. The Morgan fingerprint density at radius 3 is 2.47 bits per heavy atom. The van der Waals surface area contributed by atoms with Gasteiger partial charge in [-0.2, -0.15) is 5.26 Å². The van der Waals surface area contributed by atoms with E-state index in [9.17, 15) is 4.79 Å². The standard InChI is InChI=1S/C11H11NO3/c1-8-3-5-9(6-4-8)10(7-12)15-11(13)14-2/h3-6,10H,1-2H3. The van der Waals surface area contributed by atoms with Gasteiger partial charge >= 0.3 is 6.16 Å². The zero-order valence-electron chi connectivity index (χ0n) is 8.56. The van der Waals surface area contributed by atoms with Gasteiger partial charge in [0.2, 0.25) is 6.10 Å². The van der Waals surface area contributed by atoms with Crippen molar-refractivity contribution in [2.75, 3.05) is 7.11 Å². The lowest BCUT2D eigenvalue weighted by Gasteiger charge is -2.09. The second-order valence-electron chi connectivity index (χ2n) is 2.99. The largest absolute Gasteiger partial charge is 0.509 e. The monoisotopic (exact) mass is 205 g/mol. The molecule has 0 aliphatic carbocycles. The molecule has 0 radical (unpaired) electrons. The van der Waals surface area contributed by atoms with Gasteiger partial charge in [-0.1, -0.05) is 29.8 Å². The molecule has 15 heavy (non-hydrogen) atoms. The van der Waals surface area contributed by atoms with Gasteiger partial charge in [0.15, 0.2) is 0 Å². The quantitative estimate of drug-likeness (QED) is 0.695. The number of nitriles is 1. The Kier molecular flexibility index (Phi) is 3.69. The Morgan fingerprint density at radius 1 is 1.40 bits per heavy atom. The number of hydrogen-bond donors (Lipinski definition) is 0. The molecular weight excluding hydrogens is 194 g/mol. The molecule has 0 aliphatic rings. The number of carbonyl (C=O) groups excluding carboxylic acids is 1. The third-order valence-corrected chi connectivity index (χ3v) is 1.88. The molecule has 0 amide bonds. The van der Waals surface area contributed by atoms with Crippen molar-refractivity contribution in [2.24, 2.45) is 0 Å². The third-order valence-electron chi connectivity index (χ3n) is 1.88. The van der Waals surface area contributed by atoms with Crippen LogP contribution in [0, 0.1) is 18.3 Å². The van der Waals surface area contributed by atoms with Gasteiger partial charge in [-0.15, -0.1) is 0 Å². The summed E-state index contributed by atoms with van der Waals surface area (Å²) in [5.41, 5.74) is 1.71. The maximum atomic E-state index is 10.8. The van der Waals surface area contributed by atoms with Crippen molar-refractivity contribution in [1.29, 1.82) is 5.26 Å². The van der Waals surface area contributed by atoms with Crippen molar-refractivity contribution in [3.8, 4) is 6.07 Å². The van der Waals surface area contributed by atoms with E-state index in [1.54, 1.807) is 12.1 Å². The lowest BCUT2D eigenvalue weighted by Crippen LogP contribution is -2.09. The number of methoxy groups -OCH3 is 1. The van der Waals surface area contributed by atoms with Crippen molar-refractivity contribution in [3.63, 3.8) is 0 Å². The fraction of sp³-hybridized carbons (Fsp3) is 0.273. The van der Waals surface area contributed by atoms with Crippen LogP contribution in [0.15, 0.2) is 24.3 Å². The predicted molar refractivity (Wildman–Crippen MR) is 53.0 cm³/mol. The zero-order valence-corrected chi connectivity index (χ0v) is 8.56. The van der Waals surface area contributed by atoms with Crippen LogP contribution in [0.4, 0.5) is 4.79 Å². The highest BCUT2D eigenvalue weighted by atomic mass is 16.7. The molecular formula is C11H11NO3. The molecule has 0 heterocycles. The average molecular weight is 205 g/mol. The Bertz CT molecular complexity index is 378. The van der Waals surface area contributed by atoms with Gasteiger partial charge in [0.25, 0.3) is 0 Å². The Hall–Kier alpha value is -2.02. The first-order valence-corrected chi connectivity index (χ1v) is 4.38. The molecule has 1 aromatic carbocycles. The van der Waals surface area contributed by atoms with Crippen LogP contribution in [0.1, 0.15) is 17.2 Å². The minimum atomic E-state index is -0.918. The second kappa shape index (κ2) is 5.01. The van der Waals surface area contributed by atoms with E-state index in [0.29, 0.717) is 5.56 Å². The topological polar surface area (TPSA) is 59.3 Å². The van der Waals surface area contributed by atoms with Crippen LogP contribution in [0.2, 0.25) is 0 Å².